The predicted molar refractivity (Wildman–Crippen MR) is 123 cm³/mol. The Hall–Kier alpha value is -3.32. The van der Waals surface area contributed by atoms with E-state index in [1.807, 2.05) is 13.8 Å². The summed E-state index contributed by atoms with van der Waals surface area (Å²) in [7, 11) is -2.59. The Morgan fingerprint density at radius 1 is 1.15 bits per heavy atom. The summed E-state index contributed by atoms with van der Waals surface area (Å²) in [4.78, 5) is -0.558. The number of nitrogens with zero attached hydrogens (tertiary/aromatic N) is 4. The van der Waals surface area contributed by atoms with Gasteiger partial charge in [0.15, 0.2) is 0 Å². The normalized spacial score (nSPS) is 12.9. The third-order valence-electron chi connectivity index (χ3n) is 5.75. The van der Waals surface area contributed by atoms with Crippen LogP contribution in [0.4, 0.5) is 13.2 Å². The predicted octanol–water partition coefficient (Wildman–Crippen LogP) is 5.62. The summed E-state index contributed by atoms with van der Waals surface area (Å²) in [5.41, 5.74) is 1.08. The molecule has 0 saturated heterocycles. The van der Waals surface area contributed by atoms with E-state index in [1.165, 1.54) is 33.5 Å². The summed E-state index contributed by atoms with van der Waals surface area (Å²) < 4.78 is 70.7. The first kappa shape index (κ1) is 25.3. The minimum absolute atomic E-state index is 0.0496. The molecule has 0 saturated carbocycles. The van der Waals surface area contributed by atoms with Gasteiger partial charge in [-0.1, -0.05) is 26.0 Å². The van der Waals surface area contributed by atoms with Gasteiger partial charge in [0.2, 0.25) is 9.84 Å². The first-order valence-corrected chi connectivity index (χ1v) is 12.0. The number of alkyl halides is 3. The molecule has 10 heteroatoms. The van der Waals surface area contributed by atoms with Crippen molar-refractivity contribution in [1.82, 2.24) is 14.3 Å². The second-order valence-electron chi connectivity index (χ2n) is 8.36. The fourth-order valence-electron chi connectivity index (χ4n) is 4.01. The van der Waals surface area contributed by atoms with Gasteiger partial charge in [-0.2, -0.15) is 23.5 Å². The van der Waals surface area contributed by atoms with E-state index in [9.17, 15) is 26.9 Å². The highest BCUT2D eigenvalue weighted by Crippen LogP contribution is 2.37. The lowest BCUT2D eigenvalue weighted by Gasteiger charge is -2.19. The molecule has 0 atom stereocenters. The standard InChI is InChI=1S/C24H25F3N4O2S/c1-14(2)22-12-18(16(4)31(22)21-10-8-7-9-20(21)24(25,26)27)11-19(13-28)34(32,33)23-15(3)29-30(6)17(23)5/h7-12,14H,1-6H3/b19-11+. The quantitative estimate of drug-likeness (QED) is 0.435. The van der Waals surface area contributed by atoms with Gasteiger partial charge in [0, 0.05) is 18.4 Å². The lowest BCUT2D eigenvalue weighted by molar-refractivity contribution is -0.137. The monoisotopic (exact) mass is 490 g/mol. The molecule has 0 N–H and O–H groups in total. The number of allylic oxidation sites excluding steroid dienone is 1. The maximum absolute atomic E-state index is 13.7. The van der Waals surface area contributed by atoms with Crippen molar-refractivity contribution in [2.45, 2.75) is 51.6 Å². The van der Waals surface area contributed by atoms with Gasteiger partial charge in [-0.3, -0.25) is 4.68 Å². The number of hydrogen-bond donors (Lipinski definition) is 0. The zero-order valence-electron chi connectivity index (χ0n) is 19.7. The van der Waals surface area contributed by atoms with Crippen LogP contribution < -0.4 is 0 Å². The van der Waals surface area contributed by atoms with Crippen molar-refractivity contribution >= 4 is 15.9 Å². The van der Waals surface area contributed by atoms with Crippen LogP contribution >= 0.6 is 0 Å². The van der Waals surface area contributed by atoms with E-state index in [0.717, 1.165) is 6.07 Å². The molecular formula is C24H25F3N4O2S. The van der Waals surface area contributed by atoms with Gasteiger partial charge >= 0.3 is 6.18 Å². The highest BCUT2D eigenvalue weighted by molar-refractivity contribution is 7.95. The molecule has 1 aromatic carbocycles. The summed E-state index contributed by atoms with van der Waals surface area (Å²) >= 11 is 0. The fraction of sp³-hybridized carbons (Fsp3) is 0.333. The molecular weight excluding hydrogens is 465 g/mol. The fourth-order valence-corrected chi connectivity index (χ4v) is 5.59. The first-order chi connectivity index (χ1) is 15.7. The van der Waals surface area contributed by atoms with Crippen molar-refractivity contribution < 1.29 is 21.6 Å². The zero-order valence-corrected chi connectivity index (χ0v) is 20.5. The van der Waals surface area contributed by atoms with E-state index in [1.54, 1.807) is 40.0 Å². The Bertz CT molecular complexity index is 1440. The van der Waals surface area contributed by atoms with Crippen molar-refractivity contribution in [3.8, 4) is 11.8 Å². The highest BCUT2D eigenvalue weighted by atomic mass is 32.2. The van der Waals surface area contributed by atoms with Crippen molar-refractivity contribution in [2.75, 3.05) is 0 Å². The number of hydrogen-bond acceptors (Lipinski definition) is 4. The molecule has 6 nitrogen and oxygen atoms in total. The highest BCUT2D eigenvalue weighted by Gasteiger charge is 2.35. The molecule has 0 bridgehead atoms. The van der Waals surface area contributed by atoms with Crippen molar-refractivity contribution in [2.24, 2.45) is 7.05 Å². The van der Waals surface area contributed by atoms with Gasteiger partial charge in [-0.25, -0.2) is 8.42 Å². The second-order valence-corrected chi connectivity index (χ2v) is 10.2. The van der Waals surface area contributed by atoms with Gasteiger partial charge in [-0.05, 0) is 56.5 Å². The molecule has 0 aliphatic heterocycles. The van der Waals surface area contributed by atoms with Crippen LogP contribution in [0.25, 0.3) is 11.8 Å². The van der Waals surface area contributed by atoms with Crippen molar-refractivity contribution in [3.63, 3.8) is 0 Å². The SMILES string of the molecule is Cc1nn(C)c(C)c1S(=O)(=O)/C(C#N)=C/c1cc(C(C)C)n(-c2ccccc2C(F)(F)F)c1C. The number of para-hydroxylation sites is 1. The Morgan fingerprint density at radius 2 is 1.76 bits per heavy atom. The first-order valence-electron chi connectivity index (χ1n) is 10.5. The average Bonchev–Trinajstić information content (AvgIpc) is 3.20. The van der Waals surface area contributed by atoms with Crippen LogP contribution in [0.2, 0.25) is 0 Å². The third-order valence-corrected chi connectivity index (χ3v) is 7.67. The van der Waals surface area contributed by atoms with Gasteiger partial charge in [-0.15, -0.1) is 0 Å². The van der Waals surface area contributed by atoms with Gasteiger partial charge < -0.3 is 4.57 Å². The lowest BCUT2D eigenvalue weighted by Crippen LogP contribution is -2.13. The maximum atomic E-state index is 13.7. The number of halogens is 3. The minimum Gasteiger partial charge on any atom is -0.317 e. The third kappa shape index (κ3) is 4.28. The molecule has 0 unspecified atom stereocenters. The van der Waals surface area contributed by atoms with Crippen LogP contribution in [0, 0.1) is 32.1 Å². The average molecular weight is 491 g/mol. The molecule has 0 aliphatic carbocycles. The number of benzene rings is 1. The summed E-state index contributed by atoms with van der Waals surface area (Å²) in [5.74, 6) is -0.174. The topological polar surface area (TPSA) is 80.7 Å². The van der Waals surface area contributed by atoms with E-state index >= 15 is 0 Å². The van der Waals surface area contributed by atoms with Crippen LogP contribution in [-0.4, -0.2) is 22.8 Å². The Morgan fingerprint density at radius 3 is 2.26 bits per heavy atom. The molecule has 2 heterocycles. The Balaban J connectivity index is 2.28. The number of aryl methyl sites for hydroxylation is 2. The number of aromatic nitrogens is 3. The molecule has 3 rings (SSSR count). The largest absolute Gasteiger partial charge is 0.418 e. The van der Waals surface area contributed by atoms with E-state index in [0.29, 0.717) is 22.6 Å². The Labute approximate surface area is 196 Å². The number of nitriles is 1. The molecule has 0 radical (unpaired) electrons. The molecule has 180 valence electrons. The molecule has 0 spiro atoms. The smallest absolute Gasteiger partial charge is 0.317 e. The minimum atomic E-state index is -4.58. The summed E-state index contributed by atoms with van der Waals surface area (Å²) in [6, 6.07) is 8.61. The molecule has 2 aromatic heterocycles. The molecule has 0 amide bonds. The second kappa shape index (κ2) is 8.80. The van der Waals surface area contributed by atoms with Crippen LogP contribution in [0.15, 0.2) is 40.1 Å². The van der Waals surface area contributed by atoms with E-state index in [2.05, 4.69) is 5.10 Å². The van der Waals surface area contributed by atoms with Gasteiger partial charge in [0.05, 0.1) is 22.6 Å². The van der Waals surface area contributed by atoms with E-state index in [4.69, 9.17) is 0 Å². The van der Waals surface area contributed by atoms with Crippen molar-refractivity contribution in [3.05, 3.63) is 69.1 Å². The summed E-state index contributed by atoms with van der Waals surface area (Å²) in [6.45, 7) is 8.40. The van der Waals surface area contributed by atoms with Crippen LogP contribution in [0.3, 0.4) is 0 Å². The maximum Gasteiger partial charge on any atom is 0.418 e. The van der Waals surface area contributed by atoms with Crippen LogP contribution in [-0.2, 0) is 23.1 Å². The van der Waals surface area contributed by atoms with Crippen LogP contribution in [0.5, 0.6) is 0 Å². The van der Waals surface area contributed by atoms with Gasteiger partial charge in [0.25, 0.3) is 0 Å². The molecule has 34 heavy (non-hydrogen) atoms. The molecule has 3 aromatic rings. The van der Waals surface area contributed by atoms with Gasteiger partial charge in [0.1, 0.15) is 15.9 Å². The van der Waals surface area contributed by atoms with Crippen molar-refractivity contribution in [1.29, 1.82) is 5.26 Å². The molecule has 0 fully saturated rings. The Kier molecular flexibility index (Phi) is 6.55. The summed E-state index contributed by atoms with van der Waals surface area (Å²) in [6.07, 6.45) is -3.36. The van der Waals surface area contributed by atoms with E-state index in [-0.39, 0.29) is 22.2 Å². The van der Waals surface area contributed by atoms with Crippen LogP contribution in [0.1, 0.15) is 53.7 Å². The van der Waals surface area contributed by atoms with E-state index < -0.39 is 26.5 Å². The zero-order chi connectivity index (χ0) is 25.6. The number of rotatable bonds is 5. The summed E-state index contributed by atoms with van der Waals surface area (Å²) in [5, 5.41) is 13.9. The number of sulfone groups is 1. The molecule has 0 aliphatic rings. The lowest BCUT2D eigenvalue weighted by atomic mass is 10.1.